The summed E-state index contributed by atoms with van der Waals surface area (Å²) in [6.07, 6.45) is 20.7. The van der Waals surface area contributed by atoms with Gasteiger partial charge in [0.05, 0.1) is 54.0 Å². The second-order valence-corrected chi connectivity index (χ2v) is 23.2. The van der Waals surface area contributed by atoms with Crippen LogP contribution in [0.1, 0.15) is 163 Å². The normalized spacial score (nSPS) is 18.9. The number of nitrogens with zero attached hydrogens (tertiary/aromatic N) is 12. The van der Waals surface area contributed by atoms with Gasteiger partial charge in [0, 0.05) is 77.3 Å². The first kappa shape index (κ1) is 59.4. The fourth-order valence-electron chi connectivity index (χ4n) is 11.0. The fourth-order valence-corrected chi connectivity index (χ4v) is 11.0. The highest BCUT2D eigenvalue weighted by molar-refractivity contribution is 6.02. The second kappa shape index (κ2) is 27.0. The number of hydrogen-bond donors (Lipinski definition) is 9. The first-order valence-corrected chi connectivity index (χ1v) is 31.3. The van der Waals surface area contributed by atoms with Gasteiger partial charge in [-0.3, -0.25) is 14.4 Å². The van der Waals surface area contributed by atoms with Crippen LogP contribution in [-0.4, -0.2) is 136 Å². The minimum atomic E-state index is -0.145. The standard InChI is InChI=1S/3C21H25N7O2/c3*1-22-19-11-18(26-17-7-4-5-15(25-17)16-6-2-3-10-30-16)27-20-14(12-23-28(19)20)21(29)24-13-8-9-13/h3*4-5,7,11-13,16,22H,2-3,6,8-10H2,1H3,(H,24,29)(H,25,26,27)/t2*16-;/m10./s1. The van der Waals surface area contributed by atoms with E-state index in [1.54, 1.807) is 32.1 Å². The Morgan fingerprint density at radius 1 is 0.389 bits per heavy atom. The van der Waals surface area contributed by atoms with E-state index in [1.807, 2.05) is 93.9 Å². The largest absolute Gasteiger partial charge is 0.373 e. The van der Waals surface area contributed by atoms with Crippen molar-refractivity contribution in [2.24, 2.45) is 0 Å². The van der Waals surface area contributed by atoms with E-state index < -0.39 is 0 Å². The molecule has 3 aliphatic heterocycles. The van der Waals surface area contributed by atoms with E-state index in [9.17, 15) is 14.4 Å². The molecule has 3 aliphatic carbocycles. The molecule has 12 heterocycles. The number of carbonyl (C=O) groups is 3. The van der Waals surface area contributed by atoms with Crippen molar-refractivity contribution in [2.45, 2.75) is 133 Å². The maximum absolute atomic E-state index is 12.6. The average molecular weight is 1220 g/mol. The molecule has 3 saturated carbocycles. The molecule has 0 bridgehead atoms. The van der Waals surface area contributed by atoms with Gasteiger partial charge in [-0.15, -0.1) is 0 Å². The van der Waals surface area contributed by atoms with Crippen molar-refractivity contribution in [2.75, 3.05) is 72.9 Å². The quantitative estimate of drug-likeness (QED) is 0.0386. The molecule has 3 amide bonds. The molecule has 6 aliphatic rings. The molecule has 468 valence electrons. The van der Waals surface area contributed by atoms with Gasteiger partial charge in [0.15, 0.2) is 16.9 Å². The Labute approximate surface area is 519 Å². The van der Waals surface area contributed by atoms with Gasteiger partial charge in [-0.05, 0) is 133 Å². The molecule has 15 rings (SSSR count). The van der Waals surface area contributed by atoms with Crippen LogP contribution in [0, 0.1) is 0 Å². The molecule has 1 unspecified atom stereocenters. The van der Waals surface area contributed by atoms with Crippen molar-refractivity contribution in [1.82, 2.24) is 74.7 Å². The summed E-state index contributed by atoms with van der Waals surface area (Å²) in [6.45, 7) is 2.34. The fraction of sp³-hybridized carbons (Fsp3) is 0.429. The Bertz CT molecular complexity index is 3620. The van der Waals surface area contributed by atoms with Crippen molar-refractivity contribution in [1.29, 1.82) is 0 Å². The van der Waals surface area contributed by atoms with Gasteiger partial charge in [-0.25, -0.2) is 29.9 Å². The highest BCUT2D eigenvalue weighted by Crippen LogP contribution is 2.33. The summed E-state index contributed by atoms with van der Waals surface area (Å²) in [4.78, 5) is 65.9. The number of ether oxygens (including phenoxy) is 3. The van der Waals surface area contributed by atoms with Gasteiger partial charge in [-0.2, -0.15) is 28.8 Å². The molecule has 3 saturated heterocycles. The number of fused-ring (bicyclic) bond motifs is 3. The van der Waals surface area contributed by atoms with Crippen LogP contribution in [0.4, 0.5) is 52.4 Å². The van der Waals surface area contributed by atoms with Gasteiger partial charge in [0.25, 0.3) is 17.7 Å². The van der Waals surface area contributed by atoms with E-state index in [4.69, 9.17) is 29.2 Å². The first-order chi connectivity index (χ1) is 44.1. The predicted molar refractivity (Wildman–Crippen MR) is 339 cm³/mol. The molecule has 27 heteroatoms. The molecule has 9 aromatic heterocycles. The Kier molecular flexibility index (Phi) is 17.8. The molecule has 27 nitrogen and oxygen atoms in total. The third-order valence-electron chi connectivity index (χ3n) is 16.3. The van der Waals surface area contributed by atoms with Crippen LogP contribution >= 0.6 is 0 Å². The maximum atomic E-state index is 12.6. The topological polar surface area (TPSA) is 316 Å². The zero-order valence-electron chi connectivity index (χ0n) is 50.7. The predicted octanol–water partition coefficient (Wildman–Crippen LogP) is 9.13. The molecule has 0 spiro atoms. The summed E-state index contributed by atoms with van der Waals surface area (Å²) in [5.74, 6) is 5.54. The number of rotatable bonds is 18. The Hall–Kier alpha value is -9.60. The monoisotopic (exact) mass is 1220 g/mol. The zero-order chi connectivity index (χ0) is 61.5. The lowest BCUT2D eigenvalue weighted by molar-refractivity contribution is 0.0123. The summed E-state index contributed by atoms with van der Waals surface area (Å²) < 4.78 is 22.5. The molecule has 90 heavy (non-hydrogen) atoms. The molecule has 0 radical (unpaired) electrons. The number of aromatic nitrogens is 12. The van der Waals surface area contributed by atoms with Crippen LogP contribution in [0.15, 0.2) is 91.4 Å². The van der Waals surface area contributed by atoms with Gasteiger partial charge in [0.1, 0.15) is 69.1 Å². The zero-order valence-corrected chi connectivity index (χ0v) is 50.7. The van der Waals surface area contributed by atoms with Crippen LogP contribution < -0.4 is 47.9 Å². The van der Waals surface area contributed by atoms with Gasteiger partial charge < -0.3 is 62.1 Å². The van der Waals surface area contributed by atoms with Crippen LogP contribution in [-0.2, 0) is 14.2 Å². The van der Waals surface area contributed by atoms with E-state index in [0.29, 0.717) is 68.5 Å². The van der Waals surface area contributed by atoms with Gasteiger partial charge >= 0.3 is 0 Å². The minimum Gasteiger partial charge on any atom is -0.373 e. The number of anilines is 9. The van der Waals surface area contributed by atoms with Crippen molar-refractivity contribution in [3.8, 4) is 0 Å². The molecule has 0 aromatic carbocycles. The minimum absolute atomic E-state index is 0.0383. The molecular weight excluding hydrogens is 1150 g/mol. The van der Waals surface area contributed by atoms with Crippen molar-refractivity contribution >= 4 is 87.0 Å². The molecule has 9 aromatic rings. The van der Waals surface area contributed by atoms with Crippen molar-refractivity contribution in [3.63, 3.8) is 0 Å². The first-order valence-electron chi connectivity index (χ1n) is 31.3. The smallest absolute Gasteiger partial charge is 0.256 e. The SMILES string of the molecule is CNc1cc(Nc2cccc(C3CCCCO3)n2)nc2c(C(=O)NC3CC3)cnn12.CNc1cc(Nc2cccc([C@@H]3CCCCO3)n2)nc2c(C(=O)NC3CC3)cnn12.CNc1cc(Nc2cccc([C@H]3CCCCO3)n2)nc2c(C(=O)NC3CC3)cnn12. The van der Waals surface area contributed by atoms with Crippen LogP contribution in [0.2, 0.25) is 0 Å². The average Bonchev–Trinajstić information content (AvgIpc) is 1.95. The van der Waals surface area contributed by atoms with E-state index in [0.717, 1.165) is 151 Å². The van der Waals surface area contributed by atoms with E-state index in [1.165, 1.54) is 0 Å². The summed E-state index contributed by atoms with van der Waals surface area (Å²) in [5.41, 5.74) is 5.62. The molecule has 3 atom stereocenters. The lowest BCUT2D eigenvalue weighted by Crippen LogP contribution is -2.25. The van der Waals surface area contributed by atoms with Gasteiger partial charge in [-0.1, -0.05) is 18.2 Å². The van der Waals surface area contributed by atoms with Crippen LogP contribution in [0.25, 0.3) is 16.9 Å². The highest BCUT2D eigenvalue weighted by atomic mass is 16.5. The van der Waals surface area contributed by atoms with Crippen molar-refractivity contribution < 1.29 is 28.6 Å². The number of hydrogen-bond acceptors (Lipinski definition) is 21. The number of amides is 3. The summed E-state index contributed by atoms with van der Waals surface area (Å²) in [5, 5.41) is 41.1. The Morgan fingerprint density at radius 3 is 0.944 bits per heavy atom. The van der Waals surface area contributed by atoms with Crippen molar-refractivity contribution in [3.05, 3.63) is 125 Å². The summed E-state index contributed by atoms with van der Waals surface area (Å²) >= 11 is 0. The third kappa shape index (κ3) is 14.1. The third-order valence-corrected chi connectivity index (χ3v) is 16.3. The summed E-state index contributed by atoms with van der Waals surface area (Å²) in [6, 6.07) is 23.9. The molecule has 6 fully saturated rings. The molecule has 9 N–H and O–H groups in total. The lowest BCUT2D eigenvalue weighted by atomic mass is 10.1. The lowest BCUT2D eigenvalue weighted by Gasteiger charge is -2.22. The van der Waals surface area contributed by atoms with Crippen LogP contribution in [0.5, 0.6) is 0 Å². The van der Waals surface area contributed by atoms with E-state index in [2.05, 4.69) is 78.1 Å². The number of carbonyl (C=O) groups excluding carboxylic acids is 3. The highest BCUT2D eigenvalue weighted by Gasteiger charge is 2.30. The summed E-state index contributed by atoms with van der Waals surface area (Å²) in [7, 11) is 5.43. The second-order valence-electron chi connectivity index (χ2n) is 23.2. The number of nitrogens with one attached hydrogen (secondary N) is 9. The number of pyridine rings is 3. The van der Waals surface area contributed by atoms with E-state index in [-0.39, 0.29) is 54.2 Å². The van der Waals surface area contributed by atoms with Crippen LogP contribution in [0.3, 0.4) is 0 Å². The molecular formula is C63H75N21O6. The van der Waals surface area contributed by atoms with E-state index >= 15 is 0 Å². The van der Waals surface area contributed by atoms with Gasteiger partial charge in [0.2, 0.25) is 0 Å². The Balaban J connectivity index is 0.000000124. The Morgan fingerprint density at radius 2 is 0.689 bits per heavy atom. The maximum Gasteiger partial charge on any atom is 0.256 e.